The first-order valence-electron chi connectivity index (χ1n) is 8.83. The standard InChI is InChI=1S/C18H25F3N2O/c19-14-10-16(21)15(20)9-12(14)11-22-13-5-7-23(8-6-13)17-3-1-2-4-18(17)24/h9-10,13,17-18,22,24H,1-8,11H2. The molecule has 1 saturated heterocycles. The van der Waals surface area contributed by atoms with Crippen LogP contribution >= 0.6 is 0 Å². The summed E-state index contributed by atoms with van der Waals surface area (Å²) < 4.78 is 39.8. The first-order valence-corrected chi connectivity index (χ1v) is 8.83. The molecule has 2 N–H and O–H groups in total. The number of hydrogen-bond acceptors (Lipinski definition) is 3. The molecule has 2 unspecified atom stereocenters. The van der Waals surface area contributed by atoms with E-state index in [-0.39, 0.29) is 30.3 Å². The van der Waals surface area contributed by atoms with Crippen molar-refractivity contribution in [3.8, 4) is 0 Å². The van der Waals surface area contributed by atoms with Crippen LogP contribution in [0.15, 0.2) is 12.1 Å². The summed E-state index contributed by atoms with van der Waals surface area (Å²) in [5.74, 6) is -2.89. The van der Waals surface area contributed by atoms with Crippen molar-refractivity contribution < 1.29 is 18.3 Å². The van der Waals surface area contributed by atoms with Crippen molar-refractivity contribution >= 4 is 0 Å². The van der Waals surface area contributed by atoms with E-state index >= 15 is 0 Å². The zero-order valence-electron chi connectivity index (χ0n) is 13.8. The third-order valence-electron chi connectivity index (χ3n) is 5.36. The zero-order valence-corrected chi connectivity index (χ0v) is 13.8. The van der Waals surface area contributed by atoms with E-state index in [0.717, 1.165) is 51.3 Å². The summed E-state index contributed by atoms with van der Waals surface area (Å²) in [7, 11) is 0. The highest BCUT2D eigenvalue weighted by Gasteiger charge is 2.31. The number of hydrogen-bond donors (Lipinski definition) is 2. The van der Waals surface area contributed by atoms with Crippen LogP contribution in [-0.4, -0.2) is 41.3 Å². The van der Waals surface area contributed by atoms with Gasteiger partial charge in [0.1, 0.15) is 5.82 Å². The number of piperidine rings is 1. The molecule has 6 heteroatoms. The number of nitrogens with one attached hydrogen (secondary N) is 1. The fourth-order valence-corrected chi connectivity index (χ4v) is 3.91. The van der Waals surface area contributed by atoms with Gasteiger partial charge in [0.2, 0.25) is 0 Å². The van der Waals surface area contributed by atoms with Crippen LogP contribution in [0.1, 0.15) is 44.1 Å². The van der Waals surface area contributed by atoms with Crippen molar-refractivity contribution in [2.45, 2.75) is 63.3 Å². The minimum absolute atomic E-state index is 0.152. The molecule has 1 aliphatic carbocycles. The number of benzene rings is 1. The van der Waals surface area contributed by atoms with Gasteiger partial charge in [-0.2, -0.15) is 0 Å². The summed E-state index contributed by atoms with van der Waals surface area (Å²) in [6, 6.07) is 2.02. The monoisotopic (exact) mass is 342 g/mol. The van der Waals surface area contributed by atoms with Gasteiger partial charge in [-0.3, -0.25) is 4.90 Å². The lowest BCUT2D eigenvalue weighted by Crippen LogP contribution is -2.51. The Morgan fingerprint density at radius 3 is 2.33 bits per heavy atom. The highest BCUT2D eigenvalue weighted by Crippen LogP contribution is 2.26. The number of rotatable bonds is 4. The van der Waals surface area contributed by atoms with Gasteiger partial charge in [-0.1, -0.05) is 12.8 Å². The molecule has 3 rings (SSSR count). The molecular weight excluding hydrogens is 317 g/mol. The fraction of sp³-hybridized carbons (Fsp3) is 0.667. The molecule has 134 valence electrons. The zero-order chi connectivity index (χ0) is 17.1. The van der Waals surface area contributed by atoms with Gasteiger partial charge < -0.3 is 10.4 Å². The molecule has 0 aromatic heterocycles. The molecule has 0 bridgehead atoms. The lowest BCUT2D eigenvalue weighted by molar-refractivity contribution is 0.00712. The van der Waals surface area contributed by atoms with E-state index in [2.05, 4.69) is 10.2 Å². The topological polar surface area (TPSA) is 35.5 Å². The Labute approximate surface area is 140 Å². The molecule has 1 aromatic carbocycles. The minimum atomic E-state index is -1.16. The van der Waals surface area contributed by atoms with E-state index in [1.807, 2.05) is 0 Å². The smallest absolute Gasteiger partial charge is 0.161 e. The number of halogens is 3. The summed E-state index contributed by atoms with van der Waals surface area (Å²) in [6.45, 7) is 2.00. The van der Waals surface area contributed by atoms with E-state index in [0.29, 0.717) is 6.07 Å². The van der Waals surface area contributed by atoms with Crippen LogP contribution in [0.5, 0.6) is 0 Å². The predicted molar refractivity (Wildman–Crippen MR) is 86.0 cm³/mol. The third-order valence-corrected chi connectivity index (χ3v) is 5.36. The number of likely N-dealkylation sites (tertiary alicyclic amines) is 1. The maximum Gasteiger partial charge on any atom is 0.161 e. The van der Waals surface area contributed by atoms with Crippen LogP contribution in [0.3, 0.4) is 0 Å². The Hall–Kier alpha value is -1.11. The van der Waals surface area contributed by atoms with Gasteiger partial charge in [0.25, 0.3) is 0 Å². The maximum absolute atomic E-state index is 13.6. The average Bonchev–Trinajstić information content (AvgIpc) is 2.58. The third kappa shape index (κ3) is 4.10. The summed E-state index contributed by atoms with van der Waals surface area (Å²) in [6.07, 6.45) is 5.82. The van der Waals surface area contributed by atoms with Crippen LogP contribution < -0.4 is 5.32 Å². The second-order valence-corrected chi connectivity index (χ2v) is 6.97. The second kappa shape index (κ2) is 7.85. The van der Waals surface area contributed by atoms with Gasteiger partial charge in [-0.05, 0) is 31.7 Å². The normalized spacial score (nSPS) is 26.7. The van der Waals surface area contributed by atoms with Crippen molar-refractivity contribution in [1.82, 2.24) is 10.2 Å². The summed E-state index contributed by atoms with van der Waals surface area (Å²) in [4.78, 5) is 2.36. The minimum Gasteiger partial charge on any atom is -0.391 e. The van der Waals surface area contributed by atoms with Crippen LogP contribution in [0.4, 0.5) is 13.2 Å². The molecule has 2 atom stereocenters. The highest BCUT2D eigenvalue weighted by molar-refractivity contribution is 5.20. The number of aliphatic hydroxyl groups is 1. The molecule has 0 radical (unpaired) electrons. The van der Waals surface area contributed by atoms with E-state index in [4.69, 9.17) is 0 Å². The van der Waals surface area contributed by atoms with Gasteiger partial charge in [-0.25, -0.2) is 13.2 Å². The Balaban J connectivity index is 1.48. The lowest BCUT2D eigenvalue weighted by atomic mass is 9.89. The number of aliphatic hydroxyl groups excluding tert-OH is 1. The van der Waals surface area contributed by atoms with Gasteiger partial charge in [0, 0.05) is 43.3 Å². The molecule has 0 amide bonds. The Morgan fingerprint density at radius 2 is 1.62 bits per heavy atom. The Morgan fingerprint density at radius 1 is 0.958 bits per heavy atom. The van der Waals surface area contributed by atoms with Crippen LogP contribution in [0.2, 0.25) is 0 Å². The molecule has 1 aromatic rings. The molecule has 1 saturated carbocycles. The highest BCUT2D eigenvalue weighted by atomic mass is 19.2. The molecular formula is C18H25F3N2O. The van der Waals surface area contributed by atoms with Crippen molar-refractivity contribution in [3.63, 3.8) is 0 Å². The average molecular weight is 342 g/mol. The first-order chi connectivity index (χ1) is 11.5. The molecule has 1 heterocycles. The Bertz CT molecular complexity index is 561. The predicted octanol–water partition coefficient (Wildman–Crippen LogP) is 2.96. The molecule has 1 aliphatic heterocycles. The molecule has 0 spiro atoms. The van der Waals surface area contributed by atoms with Crippen molar-refractivity contribution in [1.29, 1.82) is 0 Å². The van der Waals surface area contributed by atoms with E-state index in [1.165, 1.54) is 6.42 Å². The van der Waals surface area contributed by atoms with Crippen molar-refractivity contribution in [2.24, 2.45) is 0 Å². The van der Waals surface area contributed by atoms with Gasteiger partial charge >= 0.3 is 0 Å². The molecule has 3 nitrogen and oxygen atoms in total. The van der Waals surface area contributed by atoms with Crippen molar-refractivity contribution in [3.05, 3.63) is 35.1 Å². The van der Waals surface area contributed by atoms with Crippen LogP contribution in [0, 0.1) is 17.5 Å². The second-order valence-electron chi connectivity index (χ2n) is 6.97. The number of nitrogens with zero attached hydrogens (tertiary/aromatic N) is 1. The van der Waals surface area contributed by atoms with Gasteiger partial charge in [0.05, 0.1) is 6.10 Å². The summed E-state index contributed by atoms with van der Waals surface area (Å²) in [5, 5.41) is 13.4. The summed E-state index contributed by atoms with van der Waals surface area (Å²) >= 11 is 0. The first kappa shape index (κ1) is 17.7. The Kier molecular flexibility index (Phi) is 5.79. The van der Waals surface area contributed by atoms with E-state index in [1.54, 1.807) is 0 Å². The molecule has 2 fully saturated rings. The van der Waals surface area contributed by atoms with Crippen molar-refractivity contribution in [2.75, 3.05) is 13.1 Å². The van der Waals surface area contributed by atoms with E-state index < -0.39 is 17.5 Å². The summed E-state index contributed by atoms with van der Waals surface area (Å²) in [5.41, 5.74) is 0.152. The van der Waals surface area contributed by atoms with Gasteiger partial charge in [-0.15, -0.1) is 0 Å². The fourth-order valence-electron chi connectivity index (χ4n) is 3.91. The van der Waals surface area contributed by atoms with Crippen LogP contribution in [0.25, 0.3) is 0 Å². The van der Waals surface area contributed by atoms with Gasteiger partial charge in [0.15, 0.2) is 11.6 Å². The largest absolute Gasteiger partial charge is 0.391 e. The quantitative estimate of drug-likeness (QED) is 0.826. The molecule has 2 aliphatic rings. The van der Waals surface area contributed by atoms with E-state index in [9.17, 15) is 18.3 Å². The maximum atomic E-state index is 13.6. The molecule has 24 heavy (non-hydrogen) atoms. The SMILES string of the molecule is OC1CCCCC1N1CCC(NCc2cc(F)c(F)cc2F)CC1. The lowest BCUT2D eigenvalue weighted by Gasteiger charge is -2.41. The van der Waals surface area contributed by atoms with Crippen LogP contribution in [-0.2, 0) is 6.54 Å².